The van der Waals surface area contributed by atoms with E-state index in [9.17, 15) is 0 Å². The molecule has 1 N–H and O–H groups in total. The molecule has 40 heavy (non-hydrogen) atoms. The van der Waals surface area contributed by atoms with Crippen LogP contribution >= 0.6 is 0 Å². The molecule has 0 saturated carbocycles. The monoisotopic (exact) mass is 514 g/mol. The van der Waals surface area contributed by atoms with Gasteiger partial charge in [-0.05, 0) is 44.7 Å². The van der Waals surface area contributed by atoms with E-state index in [2.05, 4.69) is 78.1 Å². The number of fused-ring (bicyclic) bond motifs is 6. The van der Waals surface area contributed by atoms with E-state index in [1.54, 1.807) is 0 Å². The van der Waals surface area contributed by atoms with Gasteiger partial charge in [0.25, 0.3) is 0 Å². The first kappa shape index (κ1) is 21.6. The summed E-state index contributed by atoms with van der Waals surface area (Å²) in [7, 11) is 0. The maximum absolute atomic E-state index is 6.11. The molecule has 5 aromatic carbocycles. The Morgan fingerprint density at radius 1 is 0.600 bits per heavy atom. The third-order valence-corrected chi connectivity index (χ3v) is 8.20. The number of nitrogens with one attached hydrogen (secondary N) is 1. The van der Waals surface area contributed by atoms with Crippen molar-refractivity contribution in [2.75, 3.05) is 0 Å². The lowest BCUT2D eigenvalue weighted by molar-refractivity contribution is 0.606. The highest BCUT2D eigenvalue weighted by Crippen LogP contribution is 2.48. The summed E-state index contributed by atoms with van der Waals surface area (Å²) in [6, 6.07) is 37.7. The average Bonchev–Trinajstić information content (AvgIpc) is 3.69. The third kappa shape index (κ3) is 3.00. The molecule has 0 radical (unpaired) electrons. The Hall–Kier alpha value is -5.29. The molecule has 1 aromatic heterocycles. The molecule has 5 nitrogen and oxygen atoms in total. The molecule has 2 aliphatic heterocycles. The first-order chi connectivity index (χ1) is 19.8. The van der Waals surface area contributed by atoms with Gasteiger partial charge in [-0.2, -0.15) is 0 Å². The standard InChI is InChI=1S/C35H22N4O/c1-2-9-20(10-3-1)33-37-34(39-35(38-33)32-31-27-13-6-7-16-28(27)40-29(31)19-36-32)26-18-17-25-22-12-5-4-11-21(22)23-14-8-15-24(26)30(23)25/h1-19,32-33H,(H,37,38,39). The van der Waals surface area contributed by atoms with E-state index >= 15 is 0 Å². The minimum atomic E-state index is -0.384. The van der Waals surface area contributed by atoms with Crippen molar-refractivity contribution < 1.29 is 4.42 Å². The first-order valence-electron chi connectivity index (χ1n) is 13.5. The molecule has 6 aromatic rings. The zero-order valence-corrected chi connectivity index (χ0v) is 21.4. The van der Waals surface area contributed by atoms with Crippen molar-refractivity contribution in [2.24, 2.45) is 15.0 Å². The first-order valence-corrected chi connectivity index (χ1v) is 13.5. The fourth-order valence-electron chi connectivity index (χ4n) is 6.42. The van der Waals surface area contributed by atoms with Gasteiger partial charge in [0, 0.05) is 16.5 Å². The predicted octanol–water partition coefficient (Wildman–Crippen LogP) is 7.85. The fraction of sp³-hybridized carbons (Fsp3) is 0.0571. The molecule has 188 valence electrons. The highest BCUT2D eigenvalue weighted by Gasteiger charge is 2.34. The van der Waals surface area contributed by atoms with Gasteiger partial charge < -0.3 is 9.73 Å². The summed E-state index contributed by atoms with van der Waals surface area (Å²) >= 11 is 0. The number of hydrogen-bond donors (Lipinski definition) is 1. The van der Waals surface area contributed by atoms with Gasteiger partial charge in [0.05, 0.1) is 6.21 Å². The molecule has 0 bridgehead atoms. The molecule has 0 spiro atoms. The van der Waals surface area contributed by atoms with Crippen LogP contribution in [0, 0.1) is 0 Å². The van der Waals surface area contributed by atoms with Crippen molar-refractivity contribution in [3.8, 4) is 22.3 Å². The van der Waals surface area contributed by atoms with Crippen LogP contribution in [-0.4, -0.2) is 17.9 Å². The number of hydrogen-bond acceptors (Lipinski definition) is 5. The van der Waals surface area contributed by atoms with Crippen LogP contribution in [0.15, 0.2) is 129 Å². The van der Waals surface area contributed by atoms with E-state index in [0.717, 1.165) is 45.1 Å². The van der Waals surface area contributed by atoms with Crippen molar-refractivity contribution in [3.63, 3.8) is 0 Å². The number of aliphatic imine (C=N–C) groups is 3. The number of rotatable bonds is 3. The van der Waals surface area contributed by atoms with Crippen molar-refractivity contribution >= 4 is 39.6 Å². The van der Waals surface area contributed by atoms with Crippen LogP contribution in [0.3, 0.4) is 0 Å². The summed E-state index contributed by atoms with van der Waals surface area (Å²) in [4.78, 5) is 15.1. The summed E-state index contributed by atoms with van der Waals surface area (Å²) in [6.07, 6.45) is 1.44. The Kier molecular flexibility index (Phi) is 4.38. The third-order valence-electron chi connectivity index (χ3n) is 8.20. The lowest BCUT2D eigenvalue weighted by atomic mass is 9.97. The van der Waals surface area contributed by atoms with Gasteiger partial charge in [0.15, 0.2) is 11.9 Å². The second kappa shape index (κ2) is 8.10. The van der Waals surface area contributed by atoms with Crippen LogP contribution in [0.2, 0.25) is 0 Å². The van der Waals surface area contributed by atoms with E-state index in [4.69, 9.17) is 19.4 Å². The molecule has 3 aliphatic rings. The summed E-state index contributed by atoms with van der Waals surface area (Å²) in [5.41, 5.74) is 9.10. The van der Waals surface area contributed by atoms with Crippen LogP contribution in [0.1, 0.15) is 34.7 Å². The summed E-state index contributed by atoms with van der Waals surface area (Å²) in [5, 5.41) is 7.13. The van der Waals surface area contributed by atoms with Gasteiger partial charge >= 0.3 is 0 Å². The topological polar surface area (TPSA) is 62.2 Å². The molecule has 2 atom stereocenters. The Bertz CT molecular complexity index is 2070. The molecule has 0 saturated heterocycles. The van der Waals surface area contributed by atoms with Gasteiger partial charge in [-0.15, -0.1) is 0 Å². The predicted molar refractivity (Wildman–Crippen MR) is 161 cm³/mol. The minimum Gasteiger partial charge on any atom is -0.455 e. The second-order valence-electron chi connectivity index (χ2n) is 10.4. The van der Waals surface area contributed by atoms with Crippen LogP contribution in [-0.2, 0) is 0 Å². The van der Waals surface area contributed by atoms with Crippen LogP contribution < -0.4 is 5.32 Å². The van der Waals surface area contributed by atoms with Crippen molar-refractivity contribution in [1.82, 2.24) is 5.32 Å². The van der Waals surface area contributed by atoms with Crippen molar-refractivity contribution in [1.29, 1.82) is 0 Å². The Balaban J connectivity index is 1.22. The largest absolute Gasteiger partial charge is 0.455 e. The smallest absolute Gasteiger partial charge is 0.169 e. The fourth-order valence-corrected chi connectivity index (χ4v) is 6.42. The van der Waals surface area contributed by atoms with Crippen LogP contribution in [0.5, 0.6) is 0 Å². The van der Waals surface area contributed by atoms with Gasteiger partial charge in [-0.1, -0.05) is 103 Å². The molecule has 1 aliphatic carbocycles. The molecule has 9 rings (SSSR count). The van der Waals surface area contributed by atoms with Crippen molar-refractivity contribution in [2.45, 2.75) is 12.2 Å². The highest BCUT2D eigenvalue weighted by molar-refractivity contribution is 6.24. The Morgan fingerprint density at radius 3 is 2.17 bits per heavy atom. The van der Waals surface area contributed by atoms with Gasteiger partial charge in [-0.25, -0.2) is 9.98 Å². The molecular weight excluding hydrogens is 492 g/mol. The summed E-state index contributed by atoms with van der Waals surface area (Å²) in [6.45, 7) is 0. The van der Waals surface area contributed by atoms with Gasteiger partial charge in [-0.3, -0.25) is 4.99 Å². The minimum absolute atomic E-state index is 0.295. The Morgan fingerprint density at radius 2 is 1.30 bits per heavy atom. The number of para-hydroxylation sites is 1. The number of amidine groups is 2. The zero-order valence-electron chi connectivity index (χ0n) is 21.4. The van der Waals surface area contributed by atoms with E-state index < -0.39 is 0 Å². The molecule has 0 fully saturated rings. The maximum Gasteiger partial charge on any atom is 0.169 e. The number of furan rings is 1. The van der Waals surface area contributed by atoms with E-state index in [1.807, 2.05) is 42.6 Å². The van der Waals surface area contributed by atoms with Gasteiger partial charge in [0.2, 0.25) is 0 Å². The van der Waals surface area contributed by atoms with Crippen molar-refractivity contribution in [3.05, 3.63) is 132 Å². The molecule has 2 unspecified atom stereocenters. The Labute approximate surface area is 230 Å². The maximum atomic E-state index is 6.11. The normalized spacial score (nSPS) is 18.4. The van der Waals surface area contributed by atoms with Crippen LogP contribution in [0.25, 0.3) is 44.0 Å². The summed E-state index contributed by atoms with van der Waals surface area (Å²) < 4.78 is 6.11. The SMILES string of the molecule is C1=NC(C2=NC(c3ccccc3)N=C(c3ccc4c5c(cccc35)-c3ccccc3-4)N2)c2c1oc1ccccc21. The quantitative estimate of drug-likeness (QED) is 0.261. The summed E-state index contributed by atoms with van der Waals surface area (Å²) in [5.74, 6) is 2.36. The van der Waals surface area contributed by atoms with Gasteiger partial charge in [0.1, 0.15) is 23.3 Å². The number of nitrogens with zero attached hydrogens (tertiary/aromatic N) is 3. The molecule has 5 heteroatoms. The lowest BCUT2D eigenvalue weighted by Gasteiger charge is -2.25. The van der Waals surface area contributed by atoms with Crippen LogP contribution in [0.4, 0.5) is 0 Å². The second-order valence-corrected chi connectivity index (χ2v) is 10.4. The van der Waals surface area contributed by atoms with E-state index in [0.29, 0.717) is 0 Å². The molecular formula is C35H22N4O. The zero-order chi connectivity index (χ0) is 26.2. The lowest BCUT2D eigenvalue weighted by Crippen LogP contribution is -2.38. The van der Waals surface area contributed by atoms with E-state index in [-0.39, 0.29) is 12.2 Å². The number of benzene rings is 5. The van der Waals surface area contributed by atoms with E-state index in [1.165, 1.54) is 33.0 Å². The molecule has 3 heterocycles. The molecule has 0 amide bonds. The highest BCUT2D eigenvalue weighted by atomic mass is 16.3. The average molecular weight is 515 g/mol.